The lowest BCUT2D eigenvalue weighted by atomic mass is 9.35. The van der Waals surface area contributed by atoms with Crippen molar-refractivity contribution >= 4 is 12.3 Å². The molecule has 9 aliphatic rings. The third-order valence-corrected chi connectivity index (χ3v) is 20.4. The van der Waals surface area contributed by atoms with Crippen LogP contribution in [-0.4, -0.2) is 79.6 Å². The van der Waals surface area contributed by atoms with Crippen molar-refractivity contribution in [1.82, 2.24) is 5.32 Å². The highest BCUT2D eigenvalue weighted by Crippen LogP contribution is 2.78. The first kappa shape index (κ1) is 43.3. The number of nitrogens with one attached hydrogen (secondary N) is 1. The van der Waals surface area contributed by atoms with Crippen molar-refractivity contribution < 1.29 is 39.9 Å². The summed E-state index contributed by atoms with van der Waals surface area (Å²) in [5.41, 5.74) is -4.22. The smallest absolute Gasteiger partial charge is 0.331 e. The molecule has 8 aliphatic carbocycles. The van der Waals surface area contributed by atoms with Crippen molar-refractivity contribution in [2.75, 3.05) is 6.73 Å². The number of fused-ring (bicyclic) bond motifs is 7. The molecule has 0 saturated heterocycles. The van der Waals surface area contributed by atoms with E-state index in [1.54, 1.807) is 6.08 Å². The molecule has 6 N–H and O–H groups in total. The Hall–Kier alpha value is -2.58. The normalized spacial score (nSPS) is 47.3. The minimum Gasteiger partial charge on any atom is -0.454 e. The van der Waals surface area contributed by atoms with Gasteiger partial charge in [0.05, 0.1) is 29.5 Å². The third kappa shape index (κ3) is 6.08. The summed E-state index contributed by atoms with van der Waals surface area (Å²) in [7, 11) is 0. The van der Waals surface area contributed by atoms with Gasteiger partial charge in [-0.05, 0) is 136 Å². The van der Waals surface area contributed by atoms with Gasteiger partial charge in [0.25, 0.3) is 0 Å². The number of rotatable bonds is 9. The highest BCUT2D eigenvalue weighted by Gasteiger charge is 2.83. The number of benzene rings is 1. The fourth-order valence-electron chi connectivity index (χ4n) is 17.8. The molecular formula is C53H73NO8. The van der Waals surface area contributed by atoms with Crippen LogP contribution in [0.3, 0.4) is 0 Å². The average Bonchev–Trinajstić information content (AvgIpc) is 3.97. The van der Waals surface area contributed by atoms with Gasteiger partial charge in [0.15, 0.2) is 0 Å². The van der Waals surface area contributed by atoms with E-state index in [1.807, 2.05) is 18.2 Å². The van der Waals surface area contributed by atoms with Crippen LogP contribution in [0.4, 0.5) is 0 Å². The fourth-order valence-corrected chi connectivity index (χ4v) is 17.8. The Bertz CT molecular complexity index is 1990. The quantitative estimate of drug-likeness (QED) is 0.0518. The zero-order valence-electron chi connectivity index (χ0n) is 37.3. The Morgan fingerprint density at radius 1 is 0.984 bits per heavy atom. The molecule has 1 aromatic rings. The maximum Gasteiger partial charge on any atom is 0.331 e. The van der Waals surface area contributed by atoms with Gasteiger partial charge in [-0.15, -0.1) is 0 Å². The monoisotopic (exact) mass is 852 g/mol. The third-order valence-electron chi connectivity index (χ3n) is 20.4. The lowest BCUT2D eigenvalue weighted by Gasteiger charge is -2.72. The molecule has 0 radical (unpaired) electrons. The van der Waals surface area contributed by atoms with Crippen molar-refractivity contribution in [2.24, 2.45) is 70.0 Å². The molecule has 9 nitrogen and oxygen atoms in total. The van der Waals surface area contributed by atoms with Crippen LogP contribution in [0, 0.1) is 81.8 Å². The van der Waals surface area contributed by atoms with Crippen LogP contribution in [0.5, 0.6) is 0 Å². The van der Waals surface area contributed by atoms with Crippen LogP contribution >= 0.6 is 0 Å². The number of carbonyl (C=O) groups is 2. The lowest BCUT2D eigenvalue weighted by molar-refractivity contribution is -0.348. The van der Waals surface area contributed by atoms with Gasteiger partial charge in [0.2, 0.25) is 0 Å². The molecule has 1 aliphatic heterocycles. The molecule has 1 aromatic carbocycles. The van der Waals surface area contributed by atoms with Crippen LogP contribution in [0.2, 0.25) is 0 Å². The predicted molar refractivity (Wildman–Crippen MR) is 235 cm³/mol. The number of hydrogen-bond acceptors (Lipinski definition) is 9. The second-order valence-electron chi connectivity index (χ2n) is 22.4. The zero-order chi connectivity index (χ0) is 43.2. The van der Waals surface area contributed by atoms with Crippen molar-refractivity contribution in [2.45, 2.75) is 177 Å². The molecule has 7 saturated carbocycles. The Labute approximate surface area is 369 Å². The largest absolute Gasteiger partial charge is 0.454 e. The molecule has 9 heteroatoms. The molecular weight excluding hydrogens is 779 g/mol. The van der Waals surface area contributed by atoms with Crippen LogP contribution in [0.1, 0.15) is 147 Å². The van der Waals surface area contributed by atoms with Crippen molar-refractivity contribution in [3.8, 4) is 11.8 Å². The number of esters is 1. The van der Waals surface area contributed by atoms with E-state index in [-0.39, 0.29) is 54.8 Å². The van der Waals surface area contributed by atoms with Crippen LogP contribution < -0.4 is 5.32 Å². The van der Waals surface area contributed by atoms with Crippen LogP contribution in [0.25, 0.3) is 0 Å². The molecule has 7 fully saturated rings. The molecule has 1 heterocycles. The summed E-state index contributed by atoms with van der Waals surface area (Å²) in [5.74, 6) is 5.49. The van der Waals surface area contributed by atoms with E-state index in [2.05, 4.69) is 37.1 Å². The summed E-state index contributed by atoms with van der Waals surface area (Å²) >= 11 is 0. The van der Waals surface area contributed by atoms with Gasteiger partial charge < -0.3 is 35.1 Å². The van der Waals surface area contributed by atoms with Gasteiger partial charge >= 0.3 is 5.97 Å². The minimum absolute atomic E-state index is 0.100. The first-order valence-electron chi connectivity index (χ1n) is 25.0. The van der Waals surface area contributed by atoms with E-state index >= 15 is 0 Å². The second kappa shape index (κ2) is 16.1. The van der Waals surface area contributed by atoms with E-state index < -0.39 is 57.6 Å². The zero-order valence-corrected chi connectivity index (χ0v) is 37.3. The van der Waals surface area contributed by atoms with E-state index in [0.29, 0.717) is 76.0 Å². The number of aliphatic hydroxyl groups is 5. The summed E-state index contributed by atoms with van der Waals surface area (Å²) in [5, 5.41) is 68.7. The number of hydrogen-bond donors (Lipinski definition) is 6. The number of aliphatic hydroxyl groups excluding tert-OH is 2. The first-order valence-corrected chi connectivity index (χ1v) is 25.0. The standard InChI is InChI=1S/C53H73NO8/c1-3-4-5-17-37-27-50(30-55)44-20-22-49-21-11-10-15-34-14-8-9-16-36(34)25-43(54-31-56)40-24-38(46(49)41-26-45(57)62-48(40)41)28-52(49,60)51(44,59)29-39-23-35(32(2)33-12-6-7-13-33)18-19-42(47(37)58)53(39,50)61/h8-9,14,16,26,30,32-33,35,37-40,42-44,46-48,54,56,58-61H,3-7,11-13,17-25,27-29,31H2,1-2H3/t32-,35-,37-,38-,39+,40-,42-,43+,44+,46+,47-,48+,49+,50-,51-,52+,53-/m0/s1. The molecule has 0 aromatic heterocycles. The van der Waals surface area contributed by atoms with Gasteiger partial charge in [-0.25, -0.2) is 4.79 Å². The van der Waals surface area contributed by atoms with E-state index in [4.69, 9.17) is 4.74 Å². The number of aldehydes is 1. The first-order chi connectivity index (χ1) is 29.9. The average molecular weight is 852 g/mol. The van der Waals surface area contributed by atoms with Crippen LogP contribution in [0.15, 0.2) is 35.9 Å². The van der Waals surface area contributed by atoms with E-state index in [1.165, 1.54) is 25.7 Å². The minimum atomic E-state index is -1.72. The summed E-state index contributed by atoms with van der Waals surface area (Å²) in [6.45, 7) is 4.32. The van der Waals surface area contributed by atoms with Crippen molar-refractivity contribution in [3.63, 3.8) is 0 Å². The summed E-state index contributed by atoms with van der Waals surface area (Å²) in [4.78, 5) is 28.1. The molecule has 62 heavy (non-hydrogen) atoms. The Morgan fingerprint density at radius 2 is 1.79 bits per heavy atom. The van der Waals surface area contributed by atoms with E-state index in [0.717, 1.165) is 55.1 Å². The lowest BCUT2D eigenvalue weighted by Crippen LogP contribution is -2.81. The highest BCUT2D eigenvalue weighted by molar-refractivity contribution is 5.86. The van der Waals surface area contributed by atoms with Gasteiger partial charge in [-0.2, -0.15) is 0 Å². The van der Waals surface area contributed by atoms with E-state index in [9.17, 15) is 35.1 Å². The SMILES string of the molecule is CCCCC[C@H]1C[C@]2(C=O)[C@H]3CC[C@@]45CCC#Cc6ccccc6C[C@@H](NCO)[C@@H]6C[C@@H](C[C@]4(O)[C@]3(O)C[C@H]3C[C@@H]([C@@H](C)C4CCCC4)CC[C@@H]([C@H]1O)[C@@]32O)[C@@H]5C1=CC(=O)O[C@@H]16. The van der Waals surface area contributed by atoms with Crippen molar-refractivity contribution in [1.29, 1.82) is 0 Å². The highest BCUT2D eigenvalue weighted by atomic mass is 16.5. The molecule has 17 atom stereocenters. The fraction of sp³-hybridized carbons (Fsp3) is 0.774. The predicted octanol–water partition coefficient (Wildman–Crippen LogP) is 6.79. The summed E-state index contributed by atoms with van der Waals surface area (Å²) in [6, 6.07) is 7.87. The Balaban J connectivity index is 1.13. The molecule has 10 rings (SSSR count). The Morgan fingerprint density at radius 3 is 2.56 bits per heavy atom. The topological polar surface area (TPSA) is 157 Å². The van der Waals surface area contributed by atoms with Crippen LogP contribution in [-0.2, 0) is 20.7 Å². The van der Waals surface area contributed by atoms with Gasteiger partial charge in [-0.1, -0.05) is 88.8 Å². The maximum absolute atomic E-state index is 14.6. The molecule has 4 bridgehead atoms. The molecule has 0 unspecified atom stereocenters. The number of carbonyl (C=O) groups excluding carboxylic acids is 2. The maximum atomic E-state index is 14.6. The number of ether oxygens (including phenoxy) is 1. The van der Waals surface area contributed by atoms with Gasteiger partial charge in [0, 0.05) is 47.3 Å². The van der Waals surface area contributed by atoms with Gasteiger partial charge in [-0.3, -0.25) is 5.32 Å². The molecule has 1 spiro atoms. The van der Waals surface area contributed by atoms with Gasteiger partial charge in [0.1, 0.15) is 18.0 Å². The van der Waals surface area contributed by atoms with Crippen molar-refractivity contribution in [3.05, 3.63) is 47.0 Å². The molecule has 338 valence electrons. The summed E-state index contributed by atoms with van der Waals surface area (Å²) < 4.78 is 6.26. The molecule has 0 amide bonds. The summed E-state index contributed by atoms with van der Waals surface area (Å²) in [6.07, 6.45) is 16.3. The second-order valence-corrected chi connectivity index (χ2v) is 22.4. The number of unbranched alkanes of at least 4 members (excludes halogenated alkanes) is 2. The Kier molecular flexibility index (Phi) is 11.2.